The first kappa shape index (κ1) is 17.7. The van der Waals surface area contributed by atoms with Crippen molar-refractivity contribution in [2.24, 2.45) is 5.92 Å². The highest BCUT2D eigenvalue weighted by Gasteiger charge is 2.28. The van der Waals surface area contributed by atoms with Gasteiger partial charge in [0.05, 0.1) is 0 Å². The van der Waals surface area contributed by atoms with Crippen LogP contribution in [0, 0.1) is 11.7 Å². The summed E-state index contributed by atoms with van der Waals surface area (Å²) in [6.07, 6.45) is 0.683. The molecule has 0 radical (unpaired) electrons. The number of hydrogen-bond acceptors (Lipinski definition) is 3. The molecule has 0 amide bonds. The molecule has 2 atom stereocenters. The minimum absolute atomic E-state index is 0. The van der Waals surface area contributed by atoms with E-state index in [9.17, 15) is 12.8 Å². The van der Waals surface area contributed by atoms with Crippen LogP contribution in [0.5, 0.6) is 0 Å². The quantitative estimate of drug-likeness (QED) is 0.885. The van der Waals surface area contributed by atoms with Crippen molar-refractivity contribution in [3.8, 4) is 0 Å². The van der Waals surface area contributed by atoms with E-state index >= 15 is 0 Å². The molecule has 2 N–H and O–H groups in total. The second kappa shape index (κ2) is 7.04. The molecule has 0 aromatic heterocycles. The highest BCUT2D eigenvalue weighted by Crippen LogP contribution is 2.21. The van der Waals surface area contributed by atoms with Gasteiger partial charge in [-0.1, -0.05) is 18.5 Å². The molecular weight excluding hydrogens is 326 g/mol. The molecule has 20 heavy (non-hydrogen) atoms. The molecule has 0 spiro atoms. The lowest BCUT2D eigenvalue weighted by atomic mass is 9.97. The summed E-state index contributed by atoms with van der Waals surface area (Å²) in [6.45, 7) is 3.44. The monoisotopic (exact) mass is 342 g/mol. The number of rotatable bonds is 3. The fourth-order valence-electron chi connectivity index (χ4n) is 2.14. The summed E-state index contributed by atoms with van der Waals surface area (Å²) in [6, 6.07) is 3.32. The summed E-state index contributed by atoms with van der Waals surface area (Å²) in [7, 11) is -3.88. The van der Waals surface area contributed by atoms with E-state index < -0.39 is 20.7 Å². The molecule has 1 aliphatic heterocycles. The Kier molecular flexibility index (Phi) is 6.22. The van der Waals surface area contributed by atoms with Crippen molar-refractivity contribution in [1.82, 2.24) is 10.0 Å². The van der Waals surface area contributed by atoms with Crippen LogP contribution in [0.2, 0.25) is 5.02 Å². The van der Waals surface area contributed by atoms with Crippen molar-refractivity contribution < 1.29 is 12.8 Å². The highest BCUT2D eigenvalue weighted by atomic mass is 35.5. The normalized spacial score (nSPS) is 23.1. The topological polar surface area (TPSA) is 58.2 Å². The van der Waals surface area contributed by atoms with Crippen LogP contribution in [0.25, 0.3) is 0 Å². The van der Waals surface area contributed by atoms with Crippen LogP contribution in [0.3, 0.4) is 0 Å². The maximum Gasteiger partial charge on any atom is 0.243 e. The van der Waals surface area contributed by atoms with Crippen LogP contribution in [0.4, 0.5) is 4.39 Å². The average Bonchev–Trinajstić information content (AvgIpc) is 2.35. The molecule has 0 saturated carbocycles. The van der Waals surface area contributed by atoms with Crippen molar-refractivity contribution >= 4 is 34.0 Å². The second-order valence-electron chi connectivity index (χ2n) is 4.77. The smallest absolute Gasteiger partial charge is 0.243 e. The van der Waals surface area contributed by atoms with Gasteiger partial charge in [0.25, 0.3) is 0 Å². The van der Waals surface area contributed by atoms with E-state index in [-0.39, 0.29) is 29.4 Å². The Morgan fingerprint density at radius 1 is 1.45 bits per heavy atom. The van der Waals surface area contributed by atoms with Gasteiger partial charge in [0, 0.05) is 11.1 Å². The van der Waals surface area contributed by atoms with Crippen molar-refractivity contribution in [1.29, 1.82) is 0 Å². The first-order valence-electron chi connectivity index (χ1n) is 6.08. The zero-order valence-electron chi connectivity index (χ0n) is 10.9. The summed E-state index contributed by atoms with van der Waals surface area (Å²) in [4.78, 5) is -0.397. The van der Waals surface area contributed by atoms with Crippen LogP contribution in [0.15, 0.2) is 23.1 Å². The molecule has 1 fully saturated rings. The Bertz CT molecular complexity index is 569. The van der Waals surface area contributed by atoms with Gasteiger partial charge >= 0.3 is 0 Å². The lowest BCUT2D eigenvalue weighted by Crippen LogP contribution is -2.48. The molecule has 0 bridgehead atoms. The van der Waals surface area contributed by atoms with Gasteiger partial charge in [-0.05, 0) is 43.6 Å². The van der Waals surface area contributed by atoms with Gasteiger partial charge < -0.3 is 5.32 Å². The molecule has 1 saturated heterocycles. The van der Waals surface area contributed by atoms with Gasteiger partial charge in [-0.2, -0.15) is 0 Å². The SMILES string of the molecule is CC1CNCCC1NS(=O)(=O)c1cc(Cl)ccc1F.Cl. The maximum atomic E-state index is 13.6. The zero-order chi connectivity index (χ0) is 14.0. The number of hydrogen-bond donors (Lipinski definition) is 2. The van der Waals surface area contributed by atoms with Gasteiger partial charge in [-0.25, -0.2) is 17.5 Å². The molecule has 1 heterocycles. The lowest BCUT2D eigenvalue weighted by Gasteiger charge is -2.30. The summed E-state index contributed by atoms with van der Waals surface area (Å²) in [5.41, 5.74) is 0. The molecule has 8 heteroatoms. The van der Waals surface area contributed by atoms with E-state index in [2.05, 4.69) is 10.0 Å². The first-order valence-corrected chi connectivity index (χ1v) is 7.94. The third-order valence-electron chi connectivity index (χ3n) is 3.27. The fourth-order valence-corrected chi connectivity index (χ4v) is 3.85. The van der Waals surface area contributed by atoms with Gasteiger partial charge in [0.2, 0.25) is 10.0 Å². The van der Waals surface area contributed by atoms with Crippen molar-refractivity contribution in [3.63, 3.8) is 0 Å². The zero-order valence-corrected chi connectivity index (χ0v) is 13.3. The third kappa shape index (κ3) is 4.05. The summed E-state index contributed by atoms with van der Waals surface area (Å²) >= 11 is 5.73. The van der Waals surface area contributed by atoms with Crippen LogP contribution >= 0.6 is 24.0 Å². The average molecular weight is 343 g/mol. The van der Waals surface area contributed by atoms with Gasteiger partial charge in [0.15, 0.2) is 0 Å². The number of sulfonamides is 1. The van der Waals surface area contributed by atoms with Crippen LogP contribution in [-0.2, 0) is 10.0 Å². The van der Waals surface area contributed by atoms with Crippen molar-refractivity contribution in [3.05, 3.63) is 29.0 Å². The van der Waals surface area contributed by atoms with Gasteiger partial charge in [0.1, 0.15) is 10.7 Å². The highest BCUT2D eigenvalue weighted by molar-refractivity contribution is 7.89. The van der Waals surface area contributed by atoms with E-state index in [1.165, 1.54) is 6.07 Å². The summed E-state index contributed by atoms with van der Waals surface area (Å²) in [5.74, 6) is -0.635. The fraction of sp³-hybridized carbons (Fsp3) is 0.500. The molecule has 1 aliphatic rings. The number of nitrogens with one attached hydrogen (secondary N) is 2. The molecule has 0 aliphatic carbocycles. The molecule has 1 aromatic carbocycles. The largest absolute Gasteiger partial charge is 0.316 e. The van der Waals surface area contributed by atoms with Crippen molar-refractivity contribution in [2.75, 3.05) is 13.1 Å². The molecule has 1 aromatic rings. The lowest BCUT2D eigenvalue weighted by molar-refractivity contribution is 0.327. The molecular formula is C12H17Cl2FN2O2S. The number of piperidine rings is 1. The minimum atomic E-state index is -3.88. The van der Waals surface area contributed by atoms with E-state index in [4.69, 9.17) is 11.6 Å². The maximum absolute atomic E-state index is 13.6. The second-order valence-corrected chi connectivity index (χ2v) is 6.89. The Hall–Kier alpha value is -0.400. The van der Waals surface area contributed by atoms with Crippen LogP contribution in [0.1, 0.15) is 13.3 Å². The summed E-state index contributed by atoms with van der Waals surface area (Å²) in [5, 5.41) is 3.38. The third-order valence-corrected chi connectivity index (χ3v) is 5.01. The Morgan fingerprint density at radius 3 is 2.80 bits per heavy atom. The van der Waals surface area contributed by atoms with Crippen LogP contribution in [-0.4, -0.2) is 27.5 Å². The number of halogens is 3. The Labute approximate surface area is 129 Å². The molecule has 114 valence electrons. The van der Waals surface area contributed by atoms with E-state index in [1.807, 2.05) is 6.92 Å². The molecule has 2 unspecified atom stereocenters. The number of benzene rings is 1. The standard InChI is InChI=1S/C12H16ClFN2O2S.ClH/c1-8-7-15-5-4-11(8)16-19(17,18)12-6-9(13)2-3-10(12)14;/h2-3,6,8,11,15-16H,4-5,7H2,1H3;1H. The van der Waals surface area contributed by atoms with Gasteiger partial charge in [-0.3, -0.25) is 0 Å². The van der Waals surface area contributed by atoms with Gasteiger partial charge in [-0.15, -0.1) is 12.4 Å². The first-order chi connectivity index (χ1) is 8.90. The summed E-state index contributed by atoms with van der Waals surface area (Å²) < 4.78 is 40.6. The Morgan fingerprint density at radius 2 is 2.15 bits per heavy atom. The van der Waals surface area contributed by atoms with Crippen LogP contribution < -0.4 is 10.0 Å². The Balaban J connectivity index is 0.00000200. The molecule has 4 nitrogen and oxygen atoms in total. The molecule has 2 rings (SSSR count). The predicted octanol–water partition coefficient (Wildman–Crippen LogP) is 2.18. The van der Waals surface area contributed by atoms with E-state index in [1.54, 1.807) is 0 Å². The predicted molar refractivity (Wildman–Crippen MR) is 79.4 cm³/mol. The minimum Gasteiger partial charge on any atom is -0.316 e. The van der Waals surface area contributed by atoms with Crippen molar-refractivity contribution in [2.45, 2.75) is 24.3 Å². The van der Waals surface area contributed by atoms with E-state index in [0.717, 1.165) is 25.2 Å². The van der Waals surface area contributed by atoms with E-state index in [0.29, 0.717) is 6.42 Å².